The van der Waals surface area contributed by atoms with E-state index < -0.39 is 23.7 Å². The SMILES string of the molecule is CCc1cc(NC(=O)c2nccnc2N2CC(Oc3cc(F)cc(C(F)F)c3)C2)ncn1. The molecule has 4 rings (SSSR count). The minimum absolute atomic E-state index is 0.0255. The summed E-state index contributed by atoms with van der Waals surface area (Å²) in [6, 6.07) is 4.62. The predicted octanol–water partition coefficient (Wildman–Crippen LogP) is 3.43. The molecule has 3 aromatic rings. The highest BCUT2D eigenvalue weighted by Crippen LogP contribution is 2.28. The average molecular weight is 444 g/mol. The van der Waals surface area contributed by atoms with Gasteiger partial charge >= 0.3 is 0 Å². The Labute approximate surface area is 181 Å². The summed E-state index contributed by atoms with van der Waals surface area (Å²) in [5.74, 6) is -0.549. The van der Waals surface area contributed by atoms with Gasteiger partial charge in [-0.15, -0.1) is 0 Å². The van der Waals surface area contributed by atoms with Gasteiger partial charge in [0, 0.05) is 35.8 Å². The number of carbonyl (C=O) groups excluding carboxylic acids is 1. The topological polar surface area (TPSA) is 93.1 Å². The number of nitrogens with zero attached hydrogens (tertiary/aromatic N) is 5. The van der Waals surface area contributed by atoms with Gasteiger partial charge in [0.2, 0.25) is 0 Å². The number of carbonyl (C=O) groups is 1. The first-order valence-corrected chi connectivity index (χ1v) is 9.86. The number of anilines is 2. The van der Waals surface area contributed by atoms with Crippen LogP contribution >= 0.6 is 0 Å². The van der Waals surface area contributed by atoms with Crippen LogP contribution in [0.1, 0.15) is 35.1 Å². The van der Waals surface area contributed by atoms with Crippen LogP contribution in [0.15, 0.2) is 43.0 Å². The maximum atomic E-state index is 13.6. The van der Waals surface area contributed by atoms with Gasteiger partial charge in [0.1, 0.15) is 29.8 Å². The van der Waals surface area contributed by atoms with Crippen molar-refractivity contribution >= 4 is 17.5 Å². The summed E-state index contributed by atoms with van der Waals surface area (Å²) in [5, 5.41) is 2.69. The summed E-state index contributed by atoms with van der Waals surface area (Å²) in [7, 11) is 0. The second-order valence-corrected chi connectivity index (χ2v) is 7.10. The lowest BCUT2D eigenvalue weighted by molar-refractivity contribution is 0.102. The molecule has 3 heterocycles. The molecule has 1 saturated heterocycles. The van der Waals surface area contributed by atoms with Gasteiger partial charge in [-0.25, -0.2) is 33.1 Å². The van der Waals surface area contributed by atoms with Gasteiger partial charge < -0.3 is 15.0 Å². The third-order valence-electron chi connectivity index (χ3n) is 4.82. The van der Waals surface area contributed by atoms with Gasteiger partial charge in [0.15, 0.2) is 11.5 Å². The monoisotopic (exact) mass is 444 g/mol. The van der Waals surface area contributed by atoms with Crippen molar-refractivity contribution in [2.24, 2.45) is 0 Å². The van der Waals surface area contributed by atoms with Crippen molar-refractivity contribution in [2.75, 3.05) is 23.3 Å². The number of rotatable bonds is 7. The highest BCUT2D eigenvalue weighted by molar-refractivity contribution is 6.05. The van der Waals surface area contributed by atoms with E-state index >= 15 is 0 Å². The summed E-state index contributed by atoms with van der Waals surface area (Å²) in [5.41, 5.74) is 0.443. The highest BCUT2D eigenvalue weighted by Gasteiger charge is 2.33. The molecule has 1 aliphatic heterocycles. The zero-order valence-electron chi connectivity index (χ0n) is 17.0. The van der Waals surface area contributed by atoms with Crippen LogP contribution in [-0.4, -0.2) is 45.0 Å². The van der Waals surface area contributed by atoms with Crippen LogP contribution in [-0.2, 0) is 6.42 Å². The van der Waals surface area contributed by atoms with Crippen molar-refractivity contribution in [1.29, 1.82) is 0 Å². The lowest BCUT2D eigenvalue weighted by Crippen LogP contribution is -2.54. The summed E-state index contributed by atoms with van der Waals surface area (Å²) < 4.78 is 44.9. The molecule has 1 fully saturated rings. The molecule has 1 aromatic carbocycles. The number of nitrogens with one attached hydrogen (secondary N) is 1. The number of halogens is 3. The molecule has 32 heavy (non-hydrogen) atoms. The standard InChI is InChI=1S/C21H19F3N6O2/c1-2-14-8-17(28-11-27-14)29-21(31)18-20(26-4-3-25-18)30-9-16(10-30)32-15-6-12(19(23)24)5-13(22)7-15/h3-8,11,16,19H,2,9-10H2,1H3,(H,27,28,29,31). The minimum Gasteiger partial charge on any atom is -0.487 e. The van der Waals surface area contributed by atoms with E-state index in [0.717, 1.165) is 23.9 Å². The molecule has 8 nitrogen and oxygen atoms in total. The molecule has 1 N–H and O–H groups in total. The lowest BCUT2D eigenvalue weighted by atomic mass is 10.1. The van der Waals surface area contributed by atoms with E-state index in [4.69, 9.17) is 4.74 Å². The second kappa shape index (κ2) is 9.16. The lowest BCUT2D eigenvalue weighted by Gasteiger charge is -2.40. The van der Waals surface area contributed by atoms with E-state index in [0.29, 0.717) is 31.1 Å². The molecule has 1 aliphatic rings. The zero-order chi connectivity index (χ0) is 22.7. The van der Waals surface area contributed by atoms with Gasteiger partial charge in [-0.05, 0) is 18.6 Å². The fraction of sp³-hybridized carbons (Fsp3) is 0.286. The number of aromatic nitrogens is 4. The summed E-state index contributed by atoms with van der Waals surface area (Å²) in [4.78, 5) is 31.0. The normalized spacial score (nSPS) is 13.7. The number of hydrogen-bond acceptors (Lipinski definition) is 7. The van der Waals surface area contributed by atoms with Crippen molar-refractivity contribution in [3.05, 3.63) is 65.8 Å². The van der Waals surface area contributed by atoms with E-state index in [1.54, 1.807) is 11.0 Å². The molecule has 0 aliphatic carbocycles. The Morgan fingerprint density at radius 3 is 2.69 bits per heavy atom. The molecule has 1 amide bonds. The Balaban J connectivity index is 1.43. The van der Waals surface area contributed by atoms with Crippen LogP contribution in [0.4, 0.5) is 24.8 Å². The Morgan fingerprint density at radius 1 is 1.16 bits per heavy atom. The molecule has 0 atom stereocenters. The molecule has 0 bridgehead atoms. The van der Waals surface area contributed by atoms with Gasteiger partial charge in [-0.2, -0.15) is 0 Å². The minimum atomic E-state index is -2.80. The van der Waals surface area contributed by atoms with E-state index in [1.165, 1.54) is 18.7 Å². The summed E-state index contributed by atoms with van der Waals surface area (Å²) >= 11 is 0. The van der Waals surface area contributed by atoms with Crippen LogP contribution in [0.3, 0.4) is 0 Å². The number of alkyl halides is 2. The number of hydrogen-bond donors (Lipinski definition) is 1. The fourth-order valence-corrected chi connectivity index (χ4v) is 3.21. The van der Waals surface area contributed by atoms with Gasteiger partial charge in [-0.1, -0.05) is 6.92 Å². The van der Waals surface area contributed by atoms with Crippen LogP contribution in [0.2, 0.25) is 0 Å². The quantitative estimate of drug-likeness (QED) is 0.597. The van der Waals surface area contributed by atoms with Crippen molar-refractivity contribution in [2.45, 2.75) is 25.9 Å². The molecular formula is C21H19F3N6O2. The van der Waals surface area contributed by atoms with E-state index in [9.17, 15) is 18.0 Å². The largest absolute Gasteiger partial charge is 0.487 e. The number of amides is 1. The van der Waals surface area contributed by atoms with Crippen LogP contribution in [0.25, 0.3) is 0 Å². The van der Waals surface area contributed by atoms with E-state index in [1.807, 2.05) is 6.92 Å². The molecule has 166 valence electrons. The van der Waals surface area contributed by atoms with E-state index in [2.05, 4.69) is 25.3 Å². The molecule has 2 aromatic heterocycles. The second-order valence-electron chi connectivity index (χ2n) is 7.10. The first-order chi connectivity index (χ1) is 15.4. The van der Waals surface area contributed by atoms with Crippen LogP contribution in [0.5, 0.6) is 5.75 Å². The number of aryl methyl sites for hydroxylation is 1. The maximum absolute atomic E-state index is 13.6. The molecule has 0 saturated carbocycles. The summed E-state index contributed by atoms with van der Waals surface area (Å²) in [6.45, 7) is 2.59. The zero-order valence-corrected chi connectivity index (χ0v) is 17.0. The number of benzene rings is 1. The molecule has 0 unspecified atom stereocenters. The van der Waals surface area contributed by atoms with Crippen LogP contribution in [0, 0.1) is 5.82 Å². The Kier molecular flexibility index (Phi) is 6.15. The third kappa shape index (κ3) is 4.76. The molecule has 0 radical (unpaired) electrons. The Morgan fingerprint density at radius 2 is 1.94 bits per heavy atom. The van der Waals surface area contributed by atoms with Crippen molar-refractivity contribution in [3.8, 4) is 5.75 Å². The third-order valence-corrected chi connectivity index (χ3v) is 4.82. The predicted molar refractivity (Wildman–Crippen MR) is 109 cm³/mol. The first-order valence-electron chi connectivity index (χ1n) is 9.86. The van der Waals surface area contributed by atoms with Crippen molar-refractivity contribution in [3.63, 3.8) is 0 Å². The molecule has 11 heteroatoms. The summed E-state index contributed by atoms with van der Waals surface area (Å²) in [6.07, 6.45) is 1.75. The fourth-order valence-electron chi connectivity index (χ4n) is 3.21. The Hall–Kier alpha value is -3.76. The van der Waals surface area contributed by atoms with E-state index in [-0.39, 0.29) is 17.5 Å². The van der Waals surface area contributed by atoms with Gasteiger partial charge in [-0.3, -0.25) is 4.79 Å². The van der Waals surface area contributed by atoms with Crippen molar-refractivity contribution in [1.82, 2.24) is 19.9 Å². The highest BCUT2D eigenvalue weighted by atomic mass is 19.3. The number of ether oxygens (including phenoxy) is 1. The average Bonchev–Trinajstić information content (AvgIpc) is 2.75. The van der Waals surface area contributed by atoms with Gasteiger partial charge in [0.25, 0.3) is 12.3 Å². The van der Waals surface area contributed by atoms with Crippen LogP contribution < -0.4 is 15.0 Å². The van der Waals surface area contributed by atoms with Gasteiger partial charge in [0.05, 0.1) is 13.1 Å². The molecular weight excluding hydrogens is 425 g/mol. The Bertz CT molecular complexity index is 1120. The van der Waals surface area contributed by atoms with Crippen molar-refractivity contribution < 1.29 is 22.7 Å². The maximum Gasteiger partial charge on any atom is 0.279 e. The smallest absolute Gasteiger partial charge is 0.279 e. The first kappa shape index (κ1) is 21.5. The molecule has 0 spiro atoms.